The van der Waals surface area contributed by atoms with Gasteiger partial charge >= 0.3 is 0 Å². The minimum Gasteiger partial charge on any atom is -0.493 e. The fourth-order valence-corrected chi connectivity index (χ4v) is 3.09. The van der Waals surface area contributed by atoms with E-state index in [1.54, 1.807) is 0 Å². The maximum atomic E-state index is 5.94. The molecule has 0 aromatic heterocycles. The van der Waals surface area contributed by atoms with Gasteiger partial charge < -0.3 is 15.8 Å². The molecule has 0 amide bonds. The van der Waals surface area contributed by atoms with E-state index < -0.39 is 0 Å². The highest BCUT2D eigenvalue weighted by Gasteiger charge is 2.63. The van der Waals surface area contributed by atoms with Gasteiger partial charge in [0.1, 0.15) is 5.75 Å². The molecule has 0 spiro atoms. The van der Waals surface area contributed by atoms with Crippen LogP contribution in [0.25, 0.3) is 0 Å². The second-order valence-electron chi connectivity index (χ2n) is 7.02. The molecule has 1 saturated carbocycles. The molecule has 1 aromatic rings. The fourth-order valence-electron chi connectivity index (χ4n) is 3.09. The SMILES string of the molecule is CCCOc1cc(N)cc(NCC2C(C)(C)C2(C)C)c1. The van der Waals surface area contributed by atoms with Crippen LogP contribution in [0.15, 0.2) is 18.2 Å². The lowest BCUT2D eigenvalue weighted by molar-refractivity contribution is 0.318. The van der Waals surface area contributed by atoms with Gasteiger partial charge in [0.2, 0.25) is 0 Å². The first kappa shape index (κ1) is 15.0. The summed E-state index contributed by atoms with van der Waals surface area (Å²) in [6.45, 7) is 13.2. The third-order valence-corrected chi connectivity index (χ3v) is 5.23. The summed E-state index contributed by atoms with van der Waals surface area (Å²) in [5, 5.41) is 3.52. The zero-order valence-electron chi connectivity index (χ0n) is 13.4. The van der Waals surface area contributed by atoms with Gasteiger partial charge in [0.25, 0.3) is 0 Å². The number of nitrogens with two attached hydrogens (primary N) is 1. The summed E-state index contributed by atoms with van der Waals surface area (Å²) in [7, 11) is 0. The minimum absolute atomic E-state index is 0.405. The quantitative estimate of drug-likeness (QED) is 0.767. The summed E-state index contributed by atoms with van der Waals surface area (Å²) in [4.78, 5) is 0. The molecule has 3 heteroatoms. The van der Waals surface area contributed by atoms with Crippen LogP contribution < -0.4 is 15.8 Å². The summed E-state index contributed by atoms with van der Waals surface area (Å²) in [5.41, 5.74) is 8.55. The summed E-state index contributed by atoms with van der Waals surface area (Å²) in [6, 6.07) is 5.89. The highest BCUT2D eigenvalue weighted by atomic mass is 16.5. The number of nitrogen functional groups attached to an aromatic ring is 1. The van der Waals surface area contributed by atoms with Gasteiger partial charge in [-0.3, -0.25) is 0 Å². The zero-order chi connectivity index (χ0) is 15.0. The third kappa shape index (κ3) is 2.72. The van der Waals surface area contributed by atoms with E-state index >= 15 is 0 Å². The Morgan fingerprint density at radius 3 is 2.35 bits per heavy atom. The molecule has 0 atom stereocenters. The average Bonchev–Trinajstić information content (AvgIpc) is 2.74. The van der Waals surface area contributed by atoms with E-state index in [1.165, 1.54) is 0 Å². The van der Waals surface area contributed by atoms with E-state index in [4.69, 9.17) is 10.5 Å². The number of nitrogens with one attached hydrogen (secondary N) is 1. The van der Waals surface area contributed by atoms with E-state index in [0.717, 1.165) is 36.7 Å². The number of anilines is 2. The molecular weight excluding hydrogens is 248 g/mol. The normalized spacial score (nSPS) is 19.6. The maximum Gasteiger partial charge on any atom is 0.123 e. The van der Waals surface area contributed by atoms with E-state index in [-0.39, 0.29) is 0 Å². The van der Waals surface area contributed by atoms with Gasteiger partial charge in [-0.25, -0.2) is 0 Å². The molecule has 0 bridgehead atoms. The first-order valence-electron chi connectivity index (χ1n) is 7.56. The van der Waals surface area contributed by atoms with Crippen molar-refractivity contribution in [3.8, 4) is 5.75 Å². The lowest BCUT2D eigenvalue weighted by Crippen LogP contribution is -2.08. The molecule has 3 nitrogen and oxygen atoms in total. The summed E-state index contributed by atoms with van der Waals surface area (Å²) in [6.07, 6.45) is 1.00. The van der Waals surface area contributed by atoms with E-state index in [1.807, 2.05) is 18.2 Å². The Morgan fingerprint density at radius 2 is 1.80 bits per heavy atom. The van der Waals surface area contributed by atoms with Gasteiger partial charge in [0, 0.05) is 30.1 Å². The number of hydrogen-bond donors (Lipinski definition) is 2. The van der Waals surface area contributed by atoms with Crippen molar-refractivity contribution in [3.05, 3.63) is 18.2 Å². The minimum atomic E-state index is 0.405. The Balaban J connectivity index is 1.98. The van der Waals surface area contributed by atoms with Gasteiger partial charge in [-0.05, 0) is 29.2 Å². The monoisotopic (exact) mass is 276 g/mol. The van der Waals surface area contributed by atoms with Crippen molar-refractivity contribution in [1.29, 1.82) is 0 Å². The van der Waals surface area contributed by atoms with Crippen molar-refractivity contribution in [2.24, 2.45) is 16.7 Å². The van der Waals surface area contributed by atoms with Crippen LogP contribution in [-0.2, 0) is 0 Å². The van der Waals surface area contributed by atoms with Gasteiger partial charge in [-0.2, -0.15) is 0 Å². The molecule has 0 heterocycles. The van der Waals surface area contributed by atoms with E-state index in [9.17, 15) is 0 Å². The first-order valence-corrected chi connectivity index (χ1v) is 7.56. The van der Waals surface area contributed by atoms with Gasteiger partial charge in [-0.15, -0.1) is 0 Å². The van der Waals surface area contributed by atoms with Gasteiger partial charge in [0.15, 0.2) is 0 Å². The standard InChI is InChI=1S/C17H28N2O/c1-6-7-20-14-9-12(18)8-13(10-14)19-11-15-16(2,3)17(15,4)5/h8-10,15,19H,6-7,11,18H2,1-5H3. The second kappa shape index (κ2) is 5.19. The smallest absolute Gasteiger partial charge is 0.123 e. The number of rotatable bonds is 6. The van der Waals surface area contributed by atoms with Crippen molar-refractivity contribution in [1.82, 2.24) is 0 Å². The average molecular weight is 276 g/mol. The number of hydrogen-bond acceptors (Lipinski definition) is 3. The highest BCUT2D eigenvalue weighted by Crippen LogP contribution is 2.68. The van der Waals surface area contributed by atoms with E-state index in [2.05, 4.69) is 39.9 Å². The lowest BCUT2D eigenvalue weighted by Gasteiger charge is -2.11. The number of benzene rings is 1. The van der Waals surface area contributed by atoms with E-state index in [0.29, 0.717) is 16.7 Å². The Morgan fingerprint density at radius 1 is 1.15 bits per heavy atom. The maximum absolute atomic E-state index is 5.94. The molecule has 1 fully saturated rings. The highest BCUT2D eigenvalue weighted by molar-refractivity contribution is 5.59. The lowest BCUT2D eigenvalue weighted by atomic mass is 10.0. The second-order valence-corrected chi connectivity index (χ2v) is 7.02. The van der Waals surface area contributed by atoms with Crippen molar-refractivity contribution >= 4 is 11.4 Å². The molecule has 3 N–H and O–H groups in total. The van der Waals surface area contributed by atoms with Crippen molar-refractivity contribution in [2.75, 3.05) is 24.2 Å². The first-order chi connectivity index (χ1) is 9.29. The van der Waals surface area contributed by atoms with Crippen LogP contribution in [0.2, 0.25) is 0 Å². The van der Waals surface area contributed by atoms with Crippen LogP contribution in [0.3, 0.4) is 0 Å². The molecular formula is C17H28N2O. The van der Waals surface area contributed by atoms with Crippen LogP contribution in [0.1, 0.15) is 41.0 Å². The summed E-state index contributed by atoms with van der Waals surface area (Å²) >= 11 is 0. The molecule has 1 aliphatic carbocycles. The predicted molar refractivity (Wildman–Crippen MR) is 86.2 cm³/mol. The van der Waals surface area contributed by atoms with Crippen LogP contribution in [0.5, 0.6) is 5.75 Å². The molecule has 20 heavy (non-hydrogen) atoms. The zero-order valence-corrected chi connectivity index (χ0v) is 13.4. The summed E-state index contributed by atoms with van der Waals surface area (Å²) < 4.78 is 5.66. The van der Waals surface area contributed by atoms with Gasteiger partial charge in [0.05, 0.1) is 6.61 Å². The topological polar surface area (TPSA) is 47.3 Å². The van der Waals surface area contributed by atoms with Crippen molar-refractivity contribution in [3.63, 3.8) is 0 Å². The van der Waals surface area contributed by atoms with Crippen LogP contribution >= 0.6 is 0 Å². The Bertz CT molecular complexity index is 466. The fraction of sp³-hybridized carbons (Fsp3) is 0.647. The Kier molecular flexibility index (Phi) is 3.90. The van der Waals surface area contributed by atoms with Crippen molar-refractivity contribution in [2.45, 2.75) is 41.0 Å². The Labute approximate surface area is 122 Å². The molecule has 0 saturated heterocycles. The molecule has 0 radical (unpaired) electrons. The predicted octanol–water partition coefficient (Wildman–Crippen LogP) is 4.15. The molecule has 0 unspecified atom stereocenters. The van der Waals surface area contributed by atoms with Crippen LogP contribution in [-0.4, -0.2) is 13.2 Å². The Hall–Kier alpha value is -1.38. The van der Waals surface area contributed by atoms with Crippen LogP contribution in [0.4, 0.5) is 11.4 Å². The van der Waals surface area contributed by atoms with Crippen molar-refractivity contribution < 1.29 is 4.74 Å². The van der Waals surface area contributed by atoms with Crippen LogP contribution in [0, 0.1) is 16.7 Å². The largest absolute Gasteiger partial charge is 0.493 e. The molecule has 1 aliphatic rings. The third-order valence-electron chi connectivity index (χ3n) is 5.23. The number of ether oxygens (including phenoxy) is 1. The van der Waals surface area contributed by atoms with Gasteiger partial charge in [-0.1, -0.05) is 34.6 Å². The molecule has 2 rings (SSSR count). The molecule has 1 aromatic carbocycles. The molecule has 0 aliphatic heterocycles. The summed E-state index contributed by atoms with van der Waals surface area (Å²) in [5.74, 6) is 1.54. The molecule has 112 valence electrons.